The lowest BCUT2D eigenvalue weighted by molar-refractivity contribution is -0.0562. The predicted molar refractivity (Wildman–Crippen MR) is 91.5 cm³/mol. The number of H-pyrrole nitrogens is 1. The number of thiol groups is 1. The van der Waals surface area contributed by atoms with Crippen molar-refractivity contribution in [3.63, 3.8) is 0 Å². The molecule has 148 valence electrons. The second-order valence-electron chi connectivity index (χ2n) is 5.24. The molecule has 2 rings (SSSR count). The lowest BCUT2D eigenvalue weighted by Gasteiger charge is -2.22. The molecule has 3 N–H and O–H groups in total. The monoisotopic (exact) mass is 432 g/mol. The van der Waals surface area contributed by atoms with E-state index < -0.39 is 50.8 Å². The summed E-state index contributed by atoms with van der Waals surface area (Å²) in [6, 6.07) is 1.11. The molecular weight excluding hydrogens is 414 g/mol. The minimum atomic E-state index is -4.67. The van der Waals surface area contributed by atoms with E-state index in [1.54, 1.807) is 0 Å². The van der Waals surface area contributed by atoms with E-state index in [4.69, 9.17) is 23.8 Å². The first kappa shape index (κ1) is 21.5. The van der Waals surface area contributed by atoms with Crippen LogP contribution in [-0.4, -0.2) is 51.4 Å². The summed E-state index contributed by atoms with van der Waals surface area (Å²) in [5.41, 5.74) is -1.35. The van der Waals surface area contributed by atoms with E-state index in [1.165, 1.54) is 13.3 Å². The van der Waals surface area contributed by atoms with E-state index in [1.807, 2.05) is 0 Å². The number of hydrogen-bond donors (Lipinski definition) is 4. The first-order chi connectivity index (χ1) is 12.1. The molecule has 2 heterocycles. The van der Waals surface area contributed by atoms with Crippen molar-refractivity contribution in [2.24, 2.45) is 0 Å². The van der Waals surface area contributed by atoms with Gasteiger partial charge in [-0.1, -0.05) is 12.2 Å². The summed E-state index contributed by atoms with van der Waals surface area (Å²) in [4.78, 5) is 42.8. The third-order valence-corrected chi connectivity index (χ3v) is 4.89. The van der Waals surface area contributed by atoms with Gasteiger partial charge in [-0.3, -0.25) is 23.4 Å². The van der Waals surface area contributed by atoms with Crippen LogP contribution in [0.1, 0.15) is 12.6 Å². The molecule has 12 nitrogen and oxygen atoms in total. The van der Waals surface area contributed by atoms with Gasteiger partial charge >= 0.3 is 13.5 Å². The normalized spacial score (nSPS) is 27.5. The van der Waals surface area contributed by atoms with Gasteiger partial charge < -0.3 is 23.8 Å². The van der Waals surface area contributed by atoms with E-state index in [0.717, 1.165) is 10.6 Å². The number of nitrogens with one attached hydrogen (secondary N) is 1. The van der Waals surface area contributed by atoms with Crippen LogP contribution >= 0.6 is 27.3 Å². The molecule has 0 aromatic carbocycles. The summed E-state index contributed by atoms with van der Waals surface area (Å²) in [5.74, 6) is 0. The summed E-state index contributed by atoms with van der Waals surface area (Å²) < 4.78 is 43.9. The first-order valence-corrected chi connectivity index (χ1v) is 11.4. The van der Waals surface area contributed by atoms with Crippen molar-refractivity contribution in [1.29, 1.82) is 0 Å². The number of phosphoric ester groups is 1. The van der Waals surface area contributed by atoms with Crippen LogP contribution in [0, 0.1) is 0 Å². The number of phosphoric acid groups is 1. The molecular formula is C11H18N2O10P2S. The van der Waals surface area contributed by atoms with Crippen LogP contribution in [0.5, 0.6) is 0 Å². The number of rotatable bonds is 8. The van der Waals surface area contributed by atoms with E-state index in [0.29, 0.717) is 0 Å². The topological polar surface area (TPSA) is 166 Å². The fourth-order valence-electron chi connectivity index (χ4n) is 2.59. The van der Waals surface area contributed by atoms with Gasteiger partial charge in [-0.15, -0.1) is 0 Å². The van der Waals surface area contributed by atoms with Crippen molar-refractivity contribution in [3.05, 3.63) is 33.1 Å². The van der Waals surface area contributed by atoms with Gasteiger partial charge in [0.1, 0.15) is 12.2 Å². The molecule has 0 aliphatic carbocycles. The fourth-order valence-corrected chi connectivity index (χ4v) is 3.82. The molecule has 1 aliphatic heterocycles. The largest absolute Gasteiger partial charge is 0.469 e. The lowest BCUT2D eigenvalue weighted by atomic mass is 10.1. The van der Waals surface area contributed by atoms with Gasteiger partial charge in [0.2, 0.25) is 7.23 Å². The molecule has 1 aromatic rings. The number of hydrogen-bond acceptors (Lipinski definition) is 8. The molecule has 0 spiro atoms. The summed E-state index contributed by atoms with van der Waals surface area (Å²) in [5, 5.41) is 0. The highest BCUT2D eigenvalue weighted by Gasteiger charge is 2.47. The van der Waals surface area contributed by atoms with E-state index in [2.05, 4.69) is 21.8 Å². The molecule has 3 unspecified atom stereocenters. The van der Waals surface area contributed by atoms with E-state index in [-0.39, 0.29) is 13.0 Å². The van der Waals surface area contributed by atoms with Crippen molar-refractivity contribution in [2.45, 2.75) is 31.0 Å². The number of methoxy groups -OCH3 is 1. The van der Waals surface area contributed by atoms with Crippen LogP contribution in [0.25, 0.3) is 0 Å². The molecule has 1 fully saturated rings. The highest BCUT2D eigenvalue weighted by Crippen LogP contribution is 2.42. The van der Waals surface area contributed by atoms with Gasteiger partial charge in [0.25, 0.3) is 5.56 Å². The Morgan fingerprint density at radius 3 is 2.65 bits per heavy atom. The van der Waals surface area contributed by atoms with Crippen molar-refractivity contribution >= 4 is 27.3 Å². The quantitative estimate of drug-likeness (QED) is 0.315. The maximum absolute atomic E-state index is 12.0. The Labute approximate surface area is 152 Å². The van der Waals surface area contributed by atoms with E-state index in [9.17, 15) is 18.7 Å². The maximum Gasteiger partial charge on any atom is 0.469 e. The lowest BCUT2D eigenvalue weighted by Crippen LogP contribution is -2.39. The van der Waals surface area contributed by atoms with Crippen LogP contribution in [0.3, 0.4) is 0 Å². The minimum absolute atomic E-state index is 0.0484. The van der Waals surface area contributed by atoms with Crippen molar-refractivity contribution in [2.75, 3.05) is 13.7 Å². The molecule has 0 amide bonds. The van der Waals surface area contributed by atoms with Crippen LogP contribution in [0.15, 0.2) is 21.9 Å². The van der Waals surface area contributed by atoms with Gasteiger partial charge in [-0.05, 0) is 0 Å². The maximum atomic E-state index is 12.0. The van der Waals surface area contributed by atoms with Crippen LogP contribution < -0.4 is 11.2 Å². The third kappa shape index (κ3) is 5.62. The average molecular weight is 432 g/mol. The first-order valence-electron chi connectivity index (χ1n) is 7.22. The van der Waals surface area contributed by atoms with Crippen LogP contribution in [-0.2, 0) is 27.7 Å². The zero-order chi connectivity index (χ0) is 19.5. The molecule has 0 saturated carbocycles. The number of nitrogens with zero attached hydrogens (tertiary/aromatic N) is 1. The molecule has 1 aliphatic rings. The standard InChI is InChI=1S/C11H18N2O10P2S/c1-20-9-8(23-24(16)26)6(3-5-21-25(17,18)19)22-10(9)13-4-2-7(14)12-11(13)15/h2,4,6,8-10,24H,3,5H2,1H3,(H,16,26)(H,12,14,15)(H2,17,18,19)/t6-,8?,9?,10-/m1/s1. The van der Waals surface area contributed by atoms with E-state index >= 15 is 0 Å². The van der Waals surface area contributed by atoms with Crippen molar-refractivity contribution in [3.8, 4) is 0 Å². The average Bonchev–Trinajstić information content (AvgIpc) is 2.83. The van der Waals surface area contributed by atoms with Crippen LogP contribution in [0.4, 0.5) is 0 Å². The Bertz CT molecular complexity index is 807. The highest BCUT2D eigenvalue weighted by molar-refractivity contribution is 8.39. The van der Waals surface area contributed by atoms with Crippen molar-refractivity contribution in [1.82, 2.24) is 9.55 Å². The molecule has 1 saturated heterocycles. The Balaban J connectivity index is 2.26. The van der Waals surface area contributed by atoms with Gasteiger partial charge in [-0.25, -0.2) is 9.36 Å². The van der Waals surface area contributed by atoms with Crippen molar-refractivity contribution < 1.29 is 37.4 Å². The van der Waals surface area contributed by atoms with Gasteiger partial charge in [0.05, 0.1) is 12.7 Å². The highest BCUT2D eigenvalue weighted by atomic mass is 32.7. The molecule has 1 aromatic heterocycles. The summed E-state index contributed by atoms with van der Waals surface area (Å²) in [6.07, 6.45) is -2.60. The second-order valence-corrected chi connectivity index (χ2v) is 8.35. The second kappa shape index (κ2) is 8.96. The van der Waals surface area contributed by atoms with Gasteiger partial charge in [-0.2, -0.15) is 0 Å². The summed E-state index contributed by atoms with van der Waals surface area (Å²) in [6.45, 7) is -0.383. The number of aromatic nitrogens is 2. The molecule has 15 heteroatoms. The Morgan fingerprint density at radius 2 is 2.12 bits per heavy atom. The SMILES string of the molecule is COC1C(O[PH](=O)S)[C@@H](CCOP(=O)(O)O)O[C@H]1n1ccc(=O)[nH]c1=O. The Kier molecular flexibility index (Phi) is 7.43. The summed E-state index contributed by atoms with van der Waals surface area (Å²) >= 11 is 3.72. The van der Waals surface area contributed by atoms with Gasteiger partial charge in [0, 0.05) is 25.8 Å². The Hall–Kier alpha value is -0.750. The minimum Gasteiger partial charge on any atom is -0.374 e. The number of aromatic amines is 1. The fraction of sp³-hybridized carbons (Fsp3) is 0.636. The zero-order valence-corrected chi connectivity index (χ0v) is 16.2. The predicted octanol–water partition coefficient (Wildman–Crippen LogP) is -0.347. The van der Waals surface area contributed by atoms with Crippen LogP contribution in [0.2, 0.25) is 0 Å². The smallest absolute Gasteiger partial charge is 0.374 e. The third-order valence-electron chi connectivity index (χ3n) is 3.58. The molecule has 0 radical (unpaired) electrons. The molecule has 26 heavy (non-hydrogen) atoms. The van der Waals surface area contributed by atoms with Gasteiger partial charge in [0.15, 0.2) is 6.23 Å². The molecule has 5 atom stereocenters. The Morgan fingerprint density at radius 1 is 1.42 bits per heavy atom. The zero-order valence-electron chi connectivity index (χ0n) is 13.4. The molecule has 0 bridgehead atoms. The number of ether oxygens (including phenoxy) is 2. The summed E-state index contributed by atoms with van der Waals surface area (Å²) in [7, 11) is -6.08.